The standard InChI is InChI=1S/C8H12FNO/c1-5-2-7(9)6(4-10)8(11)3-5/h5-8,11H,2-3H2,1H3/t5-,6?,7?,8?/m0/s1. The van der Waals surface area contributed by atoms with Crippen LogP contribution in [0.1, 0.15) is 19.8 Å². The van der Waals surface area contributed by atoms with Gasteiger partial charge in [-0.1, -0.05) is 6.92 Å². The Hall–Kier alpha value is -0.620. The van der Waals surface area contributed by atoms with Crippen LogP contribution in [-0.2, 0) is 0 Å². The van der Waals surface area contributed by atoms with Crippen molar-refractivity contribution in [3.05, 3.63) is 0 Å². The fraction of sp³-hybridized carbons (Fsp3) is 0.875. The van der Waals surface area contributed by atoms with E-state index in [1.807, 2.05) is 6.92 Å². The van der Waals surface area contributed by atoms with Crippen LogP contribution in [0.3, 0.4) is 0 Å². The molecule has 1 fully saturated rings. The number of rotatable bonds is 0. The SMILES string of the molecule is C[C@@H]1CC(O)C(C#N)C(F)C1. The smallest absolute Gasteiger partial charge is 0.119 e. The van der Waals surface area contributed by atoms with Gasteiger partial charge in [0.05, 0.1) is 12.2 Å². The summed E-state index contributed by atoms with van der Waals surface area (Å²) in [5, 5.41) is 17.7. The lowest BCUT2D eigenvalue weighted by molar-refractivity contribution is 0.0219. The maximum absolute atomic E-state index is 13.0. The molecule has 0 amide bonds. The highest BCUT2D eigenvalue weighted by Gasteiger charge is 2.35. The van der Waals surface area contributed by atoms with Gasteiger partial charge >= 0.3 is 0 Å². The predicted molar refractivity (Wildman–Crippen MR) is 38.4 cm³/mol. The third kappa shape index (κ3) is 1.69. The van der Waals surface area contributed by atoms with Gasteiger partial charge in [-0.3, -0.25) is 0 Å². The van der Waals surface area contributed by atoms with Crippen molar-refractivity contribution >= 4 is 0 Å². The van der Waals surface area contributed by atoms with Crippen LogP contribution in [0.15, 0.2) is 0 Å². The van der Waals surface area contributed by atoms with Crippen LogP contribution < -0.4 is 0 Å². The molecule has 4 atom stereocenters. The summed E-state index contributed by atoms with van der Waals surface area (Å²) in [6.07, 6.45) is -0.939. The van der Waals surface area contributed by atoms with Crippen LogP contribution >= 0.6 is 0 Å². The van der Waals surface area contributed by atoms with Crippen LogP contribution in [-0.4, -0.2) is 17.4 Å². The maximum atomic E-state index is 13.0. The highest BCUT2D eigenvalue weighted by molar-refractivity contribution is 4.97. The molecule has 1 aliphatic carbocycles. The molecule has 1 aliphatic rings. The Kier molecular flexibility index (Phi) is 2.45. The van der Waals surface area contributed by atoms with Gasteiger partial charge in [0.1, 0.15) is 12.1 Å². The van der Waals surface area contributed by atoms with Crippen LogP contribution in [0.25, 0.3) is 0 Å². The largest absolute Gasteiger partial charge is 0.392 e. The van der Waals surface area contributed by atoms with Gasteiger partial charge in [0.2, 0.25) is 0 Å². The van der Waals surface area contributed by atoms with Gasteiger partial charge in [-0.15, -0.1) is 0 Å². The minimum atomic E-state index is -1.14. The second-order valence-corrected chi connectivity index (χ2v) is 3.31. The molecular weight excluding hydrogens is 145 g/mol. The Morgan fingerprint density at radius 3 is 2.64 bits per heavy atom. The van der Waals surface area contributed by atoms with E-state index in [9.17, 15) is 9.50 Å². The van der Waals surface area contributed by atoms with Crippen molar-refractivity contribution in [2.45, 2.75) is 32.0 Å². The summed E-state index contributed by atoms with van der Waals surface area (Å²) in [7, 11) is 0. The molecule has 0 aromatic rings. The van der Waals surface area contributed by atoms with Crippen molar-refractivity contribution in [1.82, 2.24) is 0 Å². The van der Waals surface area contributed by atoms with Crippen LogP contribution in [0, 0.1) is 23.2 Å². The molecule has 0 aromatic heterocycles. The number of hydrogen-bond donors (Lipinski definition) is 1. The fourth-order valence-corrected chi connectivity index (χ4v) is 1.59. The van der Waals surface area contributed by atoms with E-state index in [0.29, 0.717) is 12.8 Å². The third-order valence-electron chi connectivity index (χ3n) is 2.22. The maximum Gasteiger partial charge on any atom is 0.119 e. The van der Waals surface area contributed by atoms with E-state index >= 15 is 0 Å². The van der Waals surface area contributed by atoms with E-state index in [0.717, 1.165) is 0 Å². The van der Waals surface area contributed by atoms with Gasteiger partial charge in [0.25, 0.3) is 0 Å². The lowest BCUT2D eigenvalue weighted by atomic mass is 9.80. The highest BCUT2D eigenvalue weighted by atomic mass is 19.1. The molecule has 0 spiro atoms. The first-order valence-corrected chi connectivity index (χ1v) is 3.87. The van der Waals surface area contributed by atoms with Crippen LogP contribution in [0.5, 0.6) is 0 Å². The number of nitrogens with zero attached hydrogens (tertiary/aromatic N) is 1. The molecule has 0 radical (unpaired) electrons. The average Bonchev–Trinajstić information content (AvgIpc) is 1.85. The number of aliphatic hydroxyl groups is 1. The Morgan fingerprint density at radius 2 is 2.18 bits per heavy atom. The molecule has 0 saturated heterocycles. The van der Waals surface area contributed by atoms with E-state index in [2.05, 4.69) is 0 Å². The van der Waals surface area contributed by atoms with Gasteiger partial charge in [0.15, 0.2) is 0 Å². The Labute approximate surface area is 65.6 Å². The number of nitriles is 1. The third-order valence-corrected chi connectivity index (χ3v) is 2.22. The van der Waals surface area contributed by atoms with E-state index < -0.39 is 18.2 Å². The van der Waals surface area contributed by atoms with E-state index in [-0.39, 0.29) is 5.92 Å². The first-order valence-electron chi connectivity index (χ1n) is 3.87. The highest BCUT2D eigenvalue weighted by Crippen LogP contribution is 2.30. The second-order valence-electron chi connectivity index (χ2n) is 3.31. The van der Waals surface area contributed by atoms with Crippen molar-refractivity contribution < 1.29 is 9.50 Å². The molecule has 0 bridgehead atoms. The topological polar surface area (TPSA) is 44.0 Å². The molecule has 62 valence electrons. The summed E-state index contributed by atoms with van der Waals surface area (Å²) in [4.78, 5) is 0. The molecular formula is C8H12FNO. The summed E-state index contributed by atoms with van der Waals surface area (Å²) >= 11 is 0. The molecule has 0 heterocycles. The van der Waals surface area contributed by atoms with Gasteiger partial charge in [-0.05, 0) is 18.8 Å². The zero-order valence-electron chi connectivity index (χ0n) is 6.50. The molecule has 1 rings (SSSR count). The number of aliphatic hydroxyl groups excluding tert-OH is 1. The molecule has 0 aliphatic heterocycles. The zero-order valence-corrected chi connectivity index (χ0v) is 6.50. The first-order chi connectivity index (χ1) is 5.15. The van der Waals surface area contributed by atoms with Crippen LogP contribution in [0.4, 0.5) is 4.39 Å². The molecule has 11 heavy (non-hydrogen) atoms. The van der Waals surface area contributed by atoms with Crippen LogP contribution in [0.2, 0.25) is 0 Å². The predicted octanol–water partition coefficient (Wildman–Crippen LogP) is 1.26. The summed E-state index contributed by atoms with van der Waals surface area (Å²) in [6, 6.07) is 1.80. The average molecular weight is 157 g/mol. The van der Waals surface area contributed by atoms with Crippen molar-refractivity contribution in [2.24, 2.45) is 11.8 Å². The van der Waals surface area contributed by atoms with Crippen molar-refractivity contribution in [1.29, 1.82) is 5.26 Å². The van der Waals surface area contributed by atoms with E-state index in [1.54, 1.807) is 6.07 Å². The van der Waals surface area contributed by atoms with E-state index in [1.165, 1.54) is 0 Å². The molecule has 0 aromatic carbocycles. The lowest BCUT2D eigenvalue weighted by Gasteiger charge is -2.29. The summed E-state index contributed by atoms with van der Waals surface area (Å²) in [5.41, 5.74) is 0. The molecule has 1 saturated carbocycles. The Bertz CT molecular complexity index is 165. The number of halogens is 1. The normalized spacial score (nSPS) is 44.9. The zero-order chi connectivity index (χ0) is 8.43. The molecule has 3 heteroatoms. The van der Waals surface area contributed by atoms with Gasteiger partial charge in [-0.25, -0.2) is 4.39 Å². The van der Waals surface area contributed by atoms with Crippen molar-refractivity contribution in [2.75, 3.05) is 0 Å². The van der Waals surface area contributed by atoms with E-state index in [4.69, 9.17) is 5.26 Å². The Balaban J connectivity index is 2.61. The molecule has 2 nitrogen and oxygen atoms in total. The minimum absolute atomic E-state index is 0.199. The minimum Gasteiger partial charge on any atom is -0.392 e. The molecule has 1 N–H and O–H groups in total. The Morgan fingerprint density at radius 1 is 1.55 bits per heavy atom. The van der Waals surface area contributed by atoms with Gasteiger partial charge < -0.3 is 5.11 Å². The number of alkyl halides is 1. The number of hydrogen-bond acceptors (Lipinski definition) is 2. The second kappa shape index (κ2) is 3.19. The quantitative estimate of drug-likeness (QED) is 0.575. The first kappa shape index (κ1) is 8.48. The lowest BCUT2D eigenvalue weighted by Crippen LogP contribution is -2.35. The van der Waals surface area contributed by atoms with Gasteiger partial charge in [0, 0.05) is 0 Å². The summed E-state index contributed by atoms with van der Waals surface area (Å²) in [5.74, 6) is -0.601. The van der Waals surface area contributed by atoms with Crippen molar-refractivity contribution in [3.8, 4) is 6.07 Å². The van der Waals surface area contributed by atoms with Crippen molar-refractivity contribution in [3.63, 3.8) is 0 Å². The summed E-state index contributed by atoms with van der Waals surface area (Å²) in [6.45, 7) is 1.89. The fourth-order valence-electron chi connectivity index (χ4n) is 1.59. The monoisotopic (exact) mass is 157 g/mol. The summed E-state index contributed by atoms with van der Waals surface area (Å²) < 4.78 is 13.0. The molecule has 3 unspecified atom stereocenters. The van der Waals surface area contributed by atoms with Gasteiger partial charge in [-0.2, -0.15) is 5.26 Å².